The Morgan fingerprint density at radius 1 is 1.18 bits per heavy atom. The molecule has 3 unspecified atom stereocenters. The van der Waals surface area contributed by atoms with Gasteiger partial charge >= 0.3 is 6.03 Å². The second kappa shape index (κ2) is 10.7. The van der Waals surface area contributed by atoms with Gasteiger partial charge in [-0.25, -0.2) is 4.79 Å². The molecule has 5 aliphatic rings. The first-order valence-corrected chi connectivity index (χ1v) is 14.6. The van der Waals surface area contributed by atoms with Gasteiger partial charge in [0.2, 0.25) is 5.91 Å². The van der Waals surface area contributed by atoms with Crippen molar-refractivity contribution in [3.05, 3.63) is 53.1 Å². The topological polar surface area (TPSA) is 103 Å². The third-order valence-corrected chi connectivity index (χ3v) is 9.79. The van der Waals surface area contributed by atoms with Crippen molar-refractivity contribution >= 4 is 35.3 Å². The van der Waals surface area contributed by atoms with Crippen LogP contribution in [0, 0.1) is 5.92 Å². The Morgan fingerprint density at radius 3 is 2.84 bits per heavy atom. The fourth-order valence-corrected chi connectivity index (χ4v) is 7.96. The van der Waals surface area contributed by atoms with Gasteiger partial charge in [0, 0.05) is 49.6 Å². The zero-order chi connectivity index (χ0) is 26.2. The third-order valence-electron chi connectivity index (χ3n) is 8.43. The lowest BCUT2D eigenvalue weighted by molar-refractivity contribution is -0.128. The number of piperidine rings is 2. The van der Waals surface area contributed by atoms with Crippen molar-refractivity contribution in [2.75, 3.05) is 37.7 Å². The Morgan fingerprint density at radius 2 is 2.03 bits per heavy atom. The normalized spacial score (nSPS) is 29.5. The van der Waals surface area contributed by atoms with E-state index in [-0.39, 0.29) is 41.2 Å². The number of ether oxygens (including phenoxy) is 1. The fourth-order valence-electron chi connectivity index (χ4n) is 6.56. The van der Waals surface area contributed by atoms with E-state index in [4.69, 9.17) is 4.74 Å². The van der Waals surface area contributed by atoms with E-state index in [2.05, 4.69) is 34.7 Å². The van der Waals surface area contributed by atoms with Crippen LogP contribution in [-0.2, 0) is 14.3 Å². The maximum atomic E-state index is 13.6. The van der Waals surface area contributed by atoms with E-state index in [1.54, 1.807) is 4.90 Å². The van der Waals surface area contributed by atoms with E-state index in [0.717, 1.165) is 63.2 Å². The number of hydrogen-bond donors (Lipinski definition) is 3. The molecule has 5 aliphatic heterocycles. The Labute approximate surface area is 227 Å². The molecular weight excluding hydrogens is 502 g/mol. The number of benzene rings is 1. The summed E-state index contributed by atoms with van der Waals surface area (Å²) in [6.45, 7) is 7.06. The average molecular weight is 538 g/mol. The first kappa shape index (κ1) is 25.5. The predicted octanol–water partition coefficient (Wildman–Crippen LogP) is 2.67. The van der Waals surface area contributed by atoms with Crippen molar-refractivity contribution in [3.63, 3.8) is 0 Å². The van der Waals surface area contributed by atoms with E-state index >= 15 is 0 Å². The van der Waals surface area contributed by atoms with Crippen LogP contribution in [0.1, 0.15) is 43.6 Å². The molecule has 0 aromatic heterocycles. The van der Waals surface area contributed by atoms with E-state index in [1.165, 1.54) is 23.4 Å². The Bertz CT molecular complexity index is 1170. The summed E-state index contributed by atoms with van der Waals surface area (Å²) in [4.78, 5) is 43.3. The summed E-state index contributed by atoms with van der Waals surface area (Å²) < 4.78 is 5.54. The van der Waals surface area contributed by atoms with Crippen LogP contribution in [0.4, 0.5) is 10.5 Å². The number of nitrogens with one attached hydrogen (secondary N) is 3. The molecule has 4 fully saturated rings. The SMILES string of the molecule is C=CC(=O)N1CCC[C@@H](NC(=O)C2=C3NC(=O)N(c4cccc(C5CCOCC5)c4)C4CCNC(S2)C34)C1. The van der Waals surface area contributed by atoms with Crippen LogP contribution in [0.5, 0.6) is 0 Å². The van der Waals surface area contributed by atoms with Crippen LogP contribution in [0.15, 0.2) is 47.5 Å². The molecule has 4 atom stereocenters. The highest BCUT2D eigenvalue weighted by Gasteiger charge is 2.51. The predicted molar refractivity (Wildman–Crippen MR) is 146 cm³/mol. The molecule has 202 valence electrons. The lowest BCUT2D eigenvalue weighted by Crippen LogP contribution is -2.62. The van der Waals surface area contributed by atoms with Gasteiger partial charge in [0.25, 0.3) is 5.91 Å². The van der Waals surface area contributed by atoms with Crippen molar-refractivity contribution in [2.45, 2.75) is 55.5 Å². The minimum Gasteiger partial charge on any atom is -0.381 e. The van der Waals surface area contributed by atoms with Crippen LogP contribution < -0.4 is 20.9 Å². The molecular formula is C28H35N5O4S. The van der Waals surface area contributed by atoms with Crippen molar-refractivity contribution in [1.82, 2.24) is 20.9 Å². The van der Waals surface area contributed by atoms with Crippen molar-refractivity contribution < 1.29 is 19.1 Å². The Hall–Kier alpha value is -2.82. The van der Waals surface area contributed by atoms with Crippen LogP contribution in [0.25, 0.3) is 0 Å². The molecule has 0 saturated carbocycles. The summed E-state index contributed by atoms with van der Waals surface area (Å²) in [5.74, 6) is 0.166. The summed E-state index contributed by atoms with van der Waals surface area (Å²) in [5, 5.41) is 9.83. The lowest BCUT2D eigenvalue weighted by Gasteiger charge is -2.46. The van der Waals surface area contributed by atoms with Gasteiger partial charge in [0.15, 0.2) is 0 Å². The Kier molecular flexibility index (Phi) is 7.20. The molecule has 0 bridgehead atoms. The largest absolute Gasteiger partial charge is 0.381 e. The smallest absolute Gasteiger partial charge is 0.326 e. The summed E-state index contributed by atoms with van der Waals surface area (Å²) in [6, 6.07) is 8.05. The number of hydrogen-bond acceptors (Lipinski definition) is 6. The highest BCUT2D eigenvalue weighted by atomic mass is 32.2. The number of anilines is 1. The molecule has 0 aliphatic carbocycles. The number of rotatable bonds is 5. The van der Waals surface area contributed by atoms with Crippen LogP contribution in [-0.4, -0.2) is 73.1 Å². The van der Waals surface area contributed by atoms with Gasteiger partial charge in [-0.3, -0.25) is 14.5 Å². The minimum atomic E-state index is -0.181. The van der Waals surface area contributed by atoms with E-state index in [9.17, 15) is 14.4 Å². The number of amides is 4. The summed E-state index contributed by atoms with van der Waals surface area (Å²) in [5.41, 5.74) is 2.89. The summed E-state index contributed by atoms with van der Waals surface area (Å²) >= 11 is 1.51. The van der Waals surface area contributed by atoms with Gasteiger partial charge < -0.3 is 25.6 Å². The first-order valence-electron chi connectivity index (χ1n) is 13.7. The molecule has 4 saturated heterocycles. The number of thioether (sulfide) groups is 1. The van der Waals surface area contributed by atoms with Crippen LogP contribution >= 0.6 is 11.8 Å². The highest BCUT2D eigenvalue weighted by Crippen LogP contribution is 2.48. The summed E-state index contributed by atoms with van der Waals surface area (Å²) in [7, 11) is 0. The minimum absolute atomic E-state index is 0.00383. The van der Waals surface area contributed by atoms with Gasteiger partial charge in [-0.15, -0.1) is 0 Å². The molecule has 1 aromatic rings. The second-order valence-corrected chi connectivity index (χ2v) is 11.9. The molecule has 4 amide bonds. The molecule has 0 spiro atoms. The van der Waals surface area contributed by atoms with Crippen molar-refractivity contribution in [2.24, 2.45) is 5.92 Å². The fraction of sp³-hybridized carbons (Fsp3) is 0.536. The third kappa shape index (κ3) is 4.74. The molecule has 1 aromatic carbocycles. The Balaban J connectivity index is 1.22. The van der Waals surface area contributed by atoms with E-state index in [1.807, 2.05) is 17.0 Å². The van der Waals surface area contributed by atoms with Gasteiger partial charge in [0.1, 0.15) is 0 Å². The van der Waals surface area contributed by atoms with Gasteiger partial charge in [-0.05, 0) is 68.3 Å². The number of carbonyl (C=O) groups excluding carboxylic acids is 3. The quantitative estimate of drug-likeness (QED) is 0.499. The molecule has 5 heterocycles. The molecule has 6 rings (SSSR count). The number of nitrogens with zero attached hydrogens (tertiary/aromatic N) is 2. The molecule has 3 N–H and O–H groups in total. The number of urea groups is 1. The summed E-state index contributed by atoms with van der Waals surface area (Å²) in [6.07, 6.45) is 5.78. The molecule has 38 heavy (non-hydrogen) atoms. The standard InChI is InChI=1S/C28H35N5O4S/c1-2-22(34)32-12-4-6-19(16-32)30-26(35)25-24-23-21(8-11-29-27(23)38-25)33(28(36)31-24)20-7-3-5-18(15-20)17-9-13-37-14-10-17/h2-3,5,7,15,17,19,21,23,27,29H,1,4,6,8-14,16H2,(H,30,35)(H,31,36)/t19-,21?,23?,27?/m1/s1. The van der Waals surface area contributed by atoms with Gasteiger partial charge in [-0.2, -0.15) is 0 Å². The molecule has 0 radical (unpaired) electrons. The highest BCUT2D eigenvalue weighted by molar-refractivity contribution is 8.04. The maximum absolute atomic E-state index is 13.6. The van der Waals surface area contributed by atoms with E-state index in [0.29, 0.717) is 23.9 Å². The number of likely N-dealkylation sites (tertiary alicyclic amines) is 1. The van der Waals surface area contributed by atoms with Crippen LogP contribution in [0.2, 0.25) is 0 Å². The lowest BCUT2D eigenvalue weighted by atomic mass is 9.86. The monoisotopic (exact) mass is 537 g/mol. The second-order valence-electron chi connectivity index (χ2n) is 10.7. The number of carbonyl (C=O) groups is 3. The van der Waals surface area contributed by atoms with E-state index < -0.39 is 0 Å². The zero-order valence-corrected chi connectivity index (χ0v) is 22.3. The van der Waals surface area contributed by atoms with Gasteiger partial charge in [0.05, 0.1) is 16.3 Å². The first-order chi connectivity index (χ1) is 18.5. The van der Waals surface area contributed by atoms with Gasteiger partial charge in [-0.1, -0.05) is 30.5 Å². The van der Waals surface area contributed by atoms with Crippen molar-refractivity contribution in [3.8, 4) is 0 Å². The molecule has 9 nitrogen and oxygen atoms in total. The average Bonchev–Trinajstić information content (AvgIpc) is 3.33. The van der Waals surface area contributed by atoms with Crippen molar-refractivity contribution in [1.29, 1.82) is 0 Å². The van der Waals surface area contributed by atoms with Crippen LogP contribution in [0.3, 0.4) is 0 Å². The molecule has 10 heteroatoms. The maximum Gasteiger partial charge on any atom is 0.326 e. The zero-order valence-electron chi connectivity index (χ0n) is 21.5.